The third-order valence-electron chi connectivity index (χ3n) is 3.61. The molecule has 23 heavy (non-hydrogen) atoms. The second-order valence-corrected chi connectivity index (χ2v) is 7.02. The van der Waals surface area contributed by atoms with E-state index >= 15 is 0 Å². The minimum atomic E-state index is -5.58. The van der Waals surface area contributed by atoms with E-state index in [0.717, 1.165) is 24.3 Å². The summed E-state index contributed by atoms with van der Waals surface area (Å²) < 4.78 is 82.7. The summed E-state index contributed by atoms with van der Waals surface area (Å²) in [4.78, 5) is 7.76. The van der Waals surface area contributed by atoms with Crippen LogP contribution in [0.25, 0.3) is 11.4 Å². The molecule has 0 bridgehead atoms. The van der Waals surface area contributed by atoms with Crippen molar-refractivity contribution in [1.82, 2.24) is 9.97 Å². The van der Waals surface area contributed by atoms with Crippen LogP contribution in [-0.4, -0.2) is 22.3 Å². The van der Waals surface area contributed by atoms with Gasteiger partial charge in [0.15, 0.2) is 0 Å². The first-order chi connectivity index (χ1) is 10.5. The zero-order valence-corrected chi connectivity index (χ0v) is 15.0. The minimum absolute atomic E-state index is 0.285. The van der Waals surface area contributed by atoms with Gasteiger partial charge in [0.25, 0.3) is 0 Å². The fourth-order valence-corrected chi connectivity index (χ4v) is 3.60. The van der Waals surface area contributed by atoms with Crippen LogP contribution in [0.5, 0.6) is 0 Å². The molecule has 0 N–H and O–H groups in total. The molecule has 2 aromatic rings. The average Bonchev–Trinajstić information content (AvgIpc) is 2.68. The maximum Gasteiger partial charge on any atom is 0.411 e. The van der Waals surface area contributed by atoms with E-state index < -0.39 is 28.9 Å². The first-order valence-corrected chi connectivity index (χ1v) is 8.14. The summed E-state index contributed by atoms with van der Waals surface area (Å²) in [5.41, 5.74) is -6.72. The molecular formula is C13H4F6I2N2. The van der Waals surface area contributed by atoms with E-state index in [4.69, 9.17) is 0 Å². The Morgan fingerprint density at radius 3 is 1.35 bits per heavy atom. The van der Waals surface area contributed by atoms with Gasteiger partial charge >= 0.3 is 12.4 Å². The highest BCUT2D eigenvalue weighted by atomic mass is 127. The van der Waals surface area contributed by atoms with E-state index in [9.17, 15) is 26.3 Å². The van der Waals surface area contributed by atoms with E-state index in [1.54, 1.807) is 45.2 Å². The topological polar surface area (TPSA) is 25.8 Å². The normalized spacial score (nSPS) is 16.2. The number of rotatable bonds is 0. The predicted octanol–water partition coefficient (Wildman–Crippen LogP) is 5.08. The van der Waals surface area contributed by atoms with Crippen molar-refractivity contribution < 1.29 is 26.3 Å². The van der Waals surface area contributed by atoms with Crippen LogP contribution in [0.2, 0.25) is 0 Å². The Hall–Kier alpha value is -0.660. The van der Waals surface area contributed by atoms with Crippen LogP contribution in [0.15, 0.2) is 24.3 Å². The third kappa shape index (κ3) is 2.27. The summed E-state index contributed by atoms with van der Waals surface area (Å²) in [5.74, 6) is 0. The summed E-state index contributed by atoms with van der Waals surface area (Å²) in [6.45, 7) is 0. The van der Waals surface area contributed by atoms with Crippen LogP contribution in [0.4, 0.5) is 26.3 Å². The molecule has 2 heterocycles. The molecule has 0 saturated carbocycles. The second-order valence-electron chi connectivity index (χ2n) is 4.81. The maximum absolute atomic E-state index is 13.7. The molecule has 0 saturated heterocycles. The SMILES string of the molecule is FC(F)(F)C1(C(F)(F)F)c2ccc(I)nc2-c2nc(I)ccc21. The van der Waals surface area contributed by atoms with Crippen LogP contribution in [0.3, 0.4) is 0 Å². The van der Waals surface area contributed by atoms with Gasteiger partial charge < -0.3 is 0 Å². The zero-order valence-electron chi connectivity index (χ0n) is 10.7. The van der Waals surface area contributed by atoms with Crippen LogP contribution < -0.4 is 0 Å². The number of fused-ring (bicyclic) bond motifs is 3. The van der Waals surface area contributed by atoms with Crippen molar-refractivity contribution in [3.8, 4) is 11.4 Å². The highest BCUT2D eigenvalue weighted by molar-refractivity contribution is 14.1. The third-order valence-corrected chi connectivity index (χ3v) is 4.81. The van der Waals surface area contributed by atoms with Gasteiger partial charge in [-0.2, -0.15) is 26.3 Å². The van der Waals surface area contributed by atoms with Gasteiger partial charge in [-0.1, -0.05) is 12.1 Å². The van der Waals surface area contributed by atoms with Gasteiger partial charge in [-0.05, 0) is 57.3 Å². The van der Waals surface area contributed by atoms with Crippen LogP contribution in [0, 0.1) is 7.40 Å². The van der Waals surface area contributed by atoms with Gasteiger partial charge in [-0.3, -0.25) is 0 Å². The maximum atomic E-state index is 13.7. The molecule has 3 rings (SSSR count). The fourth-order valence-electron chi connectivity index (χ4n) is 2.75. The van der Waals surface area contributed by atoms with E-state index in [0.29, 0.717) is 0 Å². The Morgan fingerprint density at radius 2 is 1.04 bits per heavy atom. The number of hydrogen-bond acceptors (Lipinski definition) is 2. The number of nitrogens with zero attached hydrogens (tertiary/aromatic N) is 2. The molecule has 1 aliphatic carbocycles. The van der Waals surface area contributed by atoms with Crippen molar-refractivity contribution in [2.24, 2.45) is 0 Å². The zero-order chi connectivity index (χ0) is 17.2. The summed E-state index contributed by atoms with van der Waals surface area (Å²) in [6.07, 6.45) is -11.2. The Kier molecular flexibility index (Phi) is 3.86. The van der Waals surface area contributed by atoms with E-state index in [1.165, 1.54) is 0 Å². The van der Waals surface area contributed by atoms with E-state index in [1.807, 2.05) is 0 Å². The molecule has 10 heteroatoms. The molecular weight excluding hydrogens is 552 g/mol. The van der Waals surface area contributed by atoms with Crippen molar-refractivity contribution in [3.05, 3.63) is 42.8 Å². The lowest BCUT2D eigenvalue weighted by molar-refractivity contribution is -0.287. The van der Waals surface area contributed by atoms with Crippen molar-refractivity contribution in [2.45, 2.75) is 17.8 Å². The first kappa shape index (κ1) is 17.2. The first-order valence-electron chi connectivity index (χ1n) is 5.98. The predicted molar refractivity (Wildman–Crippen MR) is 85.8 cm³/mol. The van der Waals surface area contributed by atoms with Crippen molar-refractivity contribution in [2.75, 3.05) is 0 Å². The molecule has 0 aliphatic heterocycles. The van der Waals surface area contributed by atoms with Crippen molar-refractivity contribution in [3.63, 3.8) is 0 Å². The van der Waals surface area contributed by atoms with E-state index in [-0.39, 0.29) is 18.8 Å². The molecule has 1 aliphatic rings. The largest absolute Gasteiger partial charge is 0.411 e. The van der Waals surface area contributed by atoms with Crippen LogP contribution in [0.1, 0.15) is 11.1 Å². The number of pyridine rings is 2. The number of hydrogen-bond donors (Lipinski definition) is 0. The van der Waals surface area contributed by atoms with Crippen molar-refractivity contribution >= 4 is 45.2 Å². The summed E-state index contributed by atoms with van der Waals surface area (Å²) in [7, 11) is 0. The molecule has 0 unspecified atom stereocenters. The lowest BCUT2D eigenvalue weighted by atomic mass is 9.77. The average molecular weight is 556 g/mol. The Bertz CT molecular complexity index is 733. The molecule has 0 aromatic carbocycles. The molecule has 0 atom stereocenters. The van der Waals surface area contributed by atoms with Crippen LogP contribution >= 0.6 is 45.2 Å². The second kappa shape index (κ2) is 5.17. The summed E-state index contributed by atoms with van der Waals surface area (Å²) in [5, 5.41) is 0. The number of halogens is 8. The Labute approximate surface area is 153 Å². The number of alkyl halides is 6. The van der Waals surface area contributed by atoms with Gasteiger partial charge in [-0.15, -0.1) is 0 Å². The van der Waals surface area contributed by atoms with Crippen LogP contribution in [-0.2, 0) is 5.41 Å². The highest BCUT2D eigenvalue weighted by Crippen LogP contribution is 2.62. The van der Waals surface area contributed by atoms with Gasteiger partial charge in [-0.25, -0.2) is 9.97 Å². The molecule has 0 fully saturated rings. The van der Waals surface area contributed by atoms with Gasteiger partial charge in [0, 0.05) is 11.1 Å². The summed E-state index contributed by atoms with van der Waals surface area (Å²) in [6, 6.07) is 3.92. The van der Waals surface area contributed by atoms with Crippen molar-refractivity contribution in [1.29, 1.82) is 0 Å². The van der Waals surface area contributed by atoms with Gasteiger partial charge in [0.1, 0.15) is 7.40 Å². The quantitative estimate of drug-likeness (QED) is 0.258. The molecule has 0 radical (unpaired) electrons. The Morgan fingerprint density at radius 1 is 0.696 bits per heavy atom. The minimum Gasteiger partial charge on any atom is -0.240 e. The summed E-state index contributed by atoms with van der Waals surface area (Å²) >= 11 is 3.46. The standard InChI is InChI=1S/C13H4F6I2N2/c14-12(15,16)11(13(17,18)19)5-1-3-7(20)22-9(5)10-6(11)2-4-8(21)23-10/h1-4H. The molecule has 2 nitrogen and oxygen atoms in total. The molecule has 0 amide bonds. The lowest BCUT2D eigenvalue weighted by Crippen LogP contribution is -2.53. The molecule has 2 aromatic heterocycles. The van der Waals surface area contributed by atoms with E-state index in [2.05, 4.69) is 9.97 Å². The monoisotopic (exact) mass is 556 g/mol. The fraction of sp³-hybridized carbons (Fsp3) is 0.231. The Balaban J connectivity index is 2.53. The van der Waals surface area contributed by atoms with Gasteiger partial charge in [0.05, 0.1) is 11.4 Å². The smallest absolute Gasteiger partial charge is 0.240 e. The molecule has 0 spiro atoms. The highest BCUT2D eigenvalue weighted by Gasteiger charge is 2.76. The molecule has 122 valence electrons. The number of aromatic nitrogens is 2. The van der Waals surface area contributed by atoms with Gasteiger partial charge in [0.2, 0.25) is 5.41 Å². The lowest BCUT2D eigenvalue weighted by Gasteiger charge is -2.35.